The van der Waals surface area contributed by atoms with Gasteiger partial charge < -0.3 is 28.9 Å². The summed E-state index contributed by atoms with van der Waals surface area (Å²) in [7, 11) is 3.18. The van der Waals surface area contributed by atoms with Crippen molar-refractivity contribution in [3.05, 3.63) is 107 Å². The van der Waals surface area contributed by atoms with E-state index in [4.69, 9.17) is 9.47 Å². The van der Waals surface area contributed by atoms with Crippen molar-refractivity contribution in [1.29, 1.82) is 0 Å². The van der Waals surface area contributed by atoms with Gasteiger partial charge in [0.25, 0.3) is 11.8 Å². The molecule has 0 spiro atoms. The molecule has 1 aliphatic heterocycles. The van der Waals surface area contributed by atoms with Crippen molar-refractivity contribution in [2.24, 2.45) is 7.05 Å². The second kappa shape index (κ2) is 14.7. The van der Waals surface area contributed by atoms with Gasteiger partial charge >= 0.3 is 12.4 Å². The van der Waals surface area contributed by atoms with Crippen LogP contribution in [-0.4, -0.2) is 82.3 Å². The highest BCUT2D eigenvalue weighted by Crippen LogP contribution is 2.34. The number of fused-ring (bicyclic) bond motifs is 1. The number of ether oxygens (including phenoxy) is 2. The number of anilines is 1. The molecule has 0 bridgehead atoms. The third kappa shape index (κ3) is 8.65. The number of hydrogen-bond donors (Lipinski definition) is 1. The fourth-order valence-electron chi connectivity index (χ4n) is 5.90. The second-order valence-electron chi connectivity index (χ2n) is 12.5. The number of alkyl halides is 6. The number of carbonyl (C=O) groups is 2. The van der Waals surface area contributed by atoms with Crippen LogP contribution in [0.1, 0.15) is 32.0 Å². The monoisotopic (exact) mass is 741 g/mol. The molecule has 3 aromatic carbocycles. The molecule has 16 heteroatoms. The molecule has 278 valence electrons. The summed E-state index contributed by atoms with van der Waals surface area (Å²) in [6.07, 6.45) is -7.73. The van der Waals surface area contributed by atoms with Crippen LogP contribution < -0.4 is 14.4 Å². The molecule has 2 amide bonds. The van der Waals surface area contributed by atoms with Crippen molar-refractivity contribution in [3.63, 3.8) is 0 Å². The Hall–Kier alpha value is -5.77. The number of hydrogen-bond acceptors (Lipinski definition) is 7. The van der Waals surface area contributed by atoms with Crippen LogP contribution in [0.5, 0.6) is 23.1 Å². The first-order valence-corrected chi connectivity index (χ1v) is 16.3. The normalized spacial score (nSPS) is 14.0. The minimum Gasteiger partial charge on any atom is -0.507 e. The number of aromatic hydroxyl groups is 1. The molecule has 1 aliphatic rings. The number of halogens is 6. The molecular weight excluding hydrogens is 708 g/mol. The van der Waals surface area contributed by atoms with Crippen LogP contribution >= 0.6 is 0 Å². The van der Waals surface area contributed by atoms with Crippen LogP contribution in [0.15, 0.2) is 85.1 Å². The summed E-state index contributed by atoms with van der Waals surface area (Å²) in [5, 5.41) is 10.9. The minimum absolute atomic E-state index is 0.127. The molecule has 0 radical (unpaired) electrons. The van der Waals surface area contributed by atoms with Gasteiger partial charge in [0.1, 0.15) is 22.9 Å². The lowest BCUT2D eigenvalue weighted by atomic mass is 10.1. The highest BCUT2D eigenvalue weighted by Gasteiger charge is 2.32. The van der Waals surface area contributed by atoms with Gasteiger partial charge in [-0.2, -0.15) is 26.3 Å². The van der Waals surface area contributed by atoms with E-state index in [1.807, 2.05) is 12.1 Å². The standard InChI is InChI=1S/C37H33F6N5O5/c1-45(34(50)29-11-6-25(18-32(29)49)37(41,42)43)26-7-12-33(44-20-26)53-28-10-5-24-17-31(46(2)30(24)19-28)35(51)48-15-13-47(14-16-48)21-23-3-8-27(9-4-23)52-22-36(38,39)40/h3-12,17-20,49H,13-16,21-22H2,1-2H3. The number of benzene rings is 3. The lowest BCUT2D eigenvalue weighted by Gasteiger charge is -2.34. The first-order valence-electron chi connectivity index (χ1n) is 16.3. The molecule has 0 saturated carbocycles. The van der Waals surface area contributed by atoms with E-state index in [1.165, 1.54) is 37.5 Å². The molecule has 5 aromatic rings. The molecule has 3 heterocycles. The molecule has 1 N–H and O–H groups in total. The third-order valence-electron chi connectivity index (χ3n) is 8.82. The Morgan fingerprint density at radius 3 is 2.19 bits per heavy atom. The Kier molecular flexibility index (Phi) is 10.3. The van der Waals surface area contributed by atoms with Crippen LogP contribution in [0.25, 0.3) is 10.9 Å². The van der Waals surface area contributed by atoms with Gasteiger partial charge in [-0.05, 0) is 60.2 Å². The Morgan fingerprint density at radius 1 is 0.868 bits per heavy atom. The smallest absolute Gasteiger partial charge is 0.422 e. The van der Waals surface area contributed by atoms with E-state index >= 15 is 0 Å². The Labute approximate surface area is 299 Å². The lowest BCUT2D eigenvalue weighted by Crippen LogP contribution is -2.48. The average Bonchev–Trinajstić information content (AvgIpc) is 3.45. The van der Waals surface area contributed by atoms with E-state index in [-0.39, 0.29) is 23.1 Å². The van der Waals surface area contributed by atoms with Crippen molar-refractivity contribution in [2.45, 2.75) is 18.9 Å². The largest absolute Gasteiger partial charge is 0.507 e. The number of aromatic nitrogens is 2. The van der Waals surface area contributed by atoms with E-state index in [1.54, 1.807) is 40.8 Å². The highest BCUT2D eigenvalue weighted by molar-refractivity contribution is 6.07. The zero-order valence-electron chi connectivity index (χ0n) is 28.4. The average molecular weight is 742 g/mol. The molecule has 0 aliphatic carbocycles. The van der Waals surface area contributed by atoms with Crippen molar-refractivity contribution in [3.8, 4) is 23.1 Å². The molecule has 2 aromatic heterocycles. The number of phenols is 1. The van der Waals surface area contributed by atoms with E-state index in [0.29, 0.717) is 55.9 Å². The van der Waals surface area contributed by atoms with Gasteiger partial charge in [0.2, 0.25) is 5.88 Å². The van der Waals surface area contributed by atoms with Gasteiger partial charge in [0.05, 0.1) is 28.5 Å². The highest BCUT2D eigenvalue weighted by atomic mass is 19.4. The van der Waals surface area contributed by atoms with Crippen molar-refractivity contribution >= 4 is 28.4 Å². The van der Waals surface area contributed by atoms with Gasteiger partial charge in [-0.1, -0.05) is 12.1 Å². The van der Waals surface area contributed by atoms with E-state index < -0.39 is 36.2 Å². The fraction of sp³-hybridized carbons (Fsp3) is 0.270. The van der Waals surface area contributed by atoms with Crippen molar-refractivity contribution in [2.75, 3.05) is 44.7 Å². The van der Waals surface area contributed by atoms with Crippen LogP contribution in [0.2, 0.25) is 0 Å². The van der Waals surface area contributed by atoms with Gasteiger partial charge in [-0.25, -0.2) is 4.98 Å². The summed E-state index contributed by atoms with van der Waals surface area (Å²) < 4.78 is 88.6. The molecule has 0 atom stereocenters. The maximum Gasteiger partial charge on any atom is 0.422 e. The van der Waals surface area contributed by atoms with Gasteiger partial charge in [0.15, 0.2) is 6.61 Å². The molecule has 0 unspecified atom stereocenters. The van der Waals surface area contributed by atoms with E-state index in [2.05, 4.69) is 9.88 Å². The number of pyridine rings is 1. The van der Waals surface area contributed by atoms with Crippen LogP contribution in [0.3, 0.4) is 0 Å². The summed E-state index contributed by atoms with van der Waals surface area (Å²) in [4.78, 5) is 35.8. The zero-order valence-corrected chi connectivity index (χ0v) is 28.4. The molecular formula is C37H33F6N5O5. The van der Waals surface area contributed by atoms with Crippen LogP contribution in [0.4, 0.5) is 32.0 Å². The molecule has 53 heavy (non-hydrogen) atoms. The number of aryl methyl sites for hydroxylation is 1. The Balaban J connectivity index is 1.05. The van der Waals surface area contributed by atoms with Crippen molar-refractivity contribution < 1.29 is 50.5 Å². The summed E-state index contributed by atoms with van der Waals surface area (Å²) in [6.45, 7) is 1.46. The molecule has 10 nitrogen and oxygen atoms in total. The number of carbonyl (C=O) groups excluding carboxylic acids is 2. The van der Waals surface area contributed by atoms with E-state index in [0.717, 1.165) is 33.5 Å². The number of amides is 2. The summed E-state index contributed by atoms with van der Waals surface area (Å²) in [6, 6.07) is 18.8. The fourth-order valence-corrected chi connectivity index (χ4v) is 5.90. The topological polar surface area (TPSA) is 100 Å². The summed E-state index contributed by atoms with van der Waals surface area (Å²) in [5.74, 6) is -0.888. The molecule has 1 fully saturated rings. The van der Waals surface area contributed by atoms with Crippen LogP contribution in [0, 0.1) is 0 Å². The van der Waals surface area contributed by atoms with Gasteiger partial charge in [0, 0.05) is 64.3 Å². The Bertz CT molecular complexity index is 2110. The number of nitrogens with zero attached hydrogens (tertiary/aromatic N) is 5. The molecule has 1 saturated heterocycles. The first-order chi connectivity index (χ1) is 25.1. The predicted molar refractivity (Wildman–Crippen MR) is 182 cm³/mol. The molecule has 6 rings (SSSR count). The van der Waals surface area contributed by atoms with Gasteiger partial charge in [-0.3, -0.25) is 14.5 Å². The van der Waals surface area contributed by atoms with Crippen molar-refractivity contribution in [1.82, 2.24) is 19.4 Å². The first kappa shape index (κ1) is 37.0. The number of rotatable bonds is 9. The van der Waals surface area contributed by atoms with Gasteiger partial charge in [-0.15, -0.1) is 0 Å². The maximum absolute atomic E-state index is 13.6. The number of piperazine rings is 1. The second-order valence-corrected chi connectivity index (χ2v) is 12.5. The zero-order chi connectivity index (χ0) is 38.1. The summed E-state index contributed by atoms with van der Waals surface area (Å²) >= 11 is 0. The van der Waals surface area contributed by atoms with Crippen LogP contribution in [-0.2, 0) is 19.8 Å². The number of phenolic OH excluding ortho intramolecular Hbond substituents is 1. The SMILES string of the molecule is CN(C(=O)c1ccc(C(F)(F)F)cc1O)c1ccc(Oc2ccc3cc(C(=O)N4CCN(Cc5ccc(OCC(F)(F)F)cc5)CC4)n(C)c3c2)nc1. The Morgan fingerprint density at radius 2 is 1.57 bits per heavy atom. The van der Waals surface area contributed by atoms with E-state index in [9.17, 15) is 41.0 Å². The third-order valence-corrected chi connectivity index (χ3v) is 8.82. The maximum atomic E-state index is 13.6. The lowest BCUT2D eigenvalue weighted by molar-refractivity contribution is -0.153. The summed E-state index contributed by atoms with van der Waals surface area (Å²) in [5.41, 5.74) is 1.07. The quantitative estimate of drug-likeness (QED) is 0.159. The minimum atomic E-state index is -4.67. The predicted octanol–water partition coefficient (Wildman–Crippen LogP) is 7.27.